The van der Waals surface area contributed by atoms with Crippen LogP contribution >= 0.6 is 0 Å². The van der Waals surface area contributed by atoms with E-state index >= 15 is 0 Å². The van der Waals surface area contributed by atoms with Crippen LogP contribution in [-0.4, -0.2) is 76.4 Å². The summed E-state index contributed by atoms with van der Waals surface area (Å²) in [5, 5.41) is 0. The van der Waals surface area contributed by atoms with Crippen LogP contribution in [0.15, 0.2) is 36.0 Å². The van der Waals surface area contributed by atoms with Gasteiger partial charge < -0.3 is 23.8 Å². The zero-order valence-corrected chi connectivity index (χ0v) is 42.7. The summed E-state index contributed by atoms with van der Waals surface area (Å²) in [4.78, 5) is 2.59. The number of unbranched alkanes of at least 4 members (excludes halogenated alkanes) is 9. The van der Waals surface area contributed by atoms with Crippen LogP contribution in [0.2, 0.25) is 0 Å². The summed E-state index contributed by atoms with van der Waals surface area (Å²) in [7, 11) is 0. The number of rotatable bonds is 32. The Kier molecular flexibility index (Phi) is 24.4. The zero-order chi connectivity index (χ0) is 44.8. The van der Waals surface area contributed by atoms with Crippen molar-refractivity contribution >= 4 is 0 Å². The molecule has 0 spiro atoms. The number of hydrogen-bond acceptors (Lipinski definition) is 5. The van der Waals surface area contributed by atoms with Crippen LogP contribution in [0.5, 0.6) is 0 Å². The lowest BCUT2D eigenvalue weighted by atomic mass is 9.47. The number of allylic oxidation sites excluding steroid dienone is 5. The van der Waals surface area contributed by atoms with Gasteiger partial charge in [0.2, 0.25) is 0 Å². The number of nitrogens with zero attached hydrogens (tertiary/aromatic N) is 1. The van der Waals surface area contributed by atoms with Crippen molar-refractivity contribution in [1.82, 2.24) is 4.90 Å². The standard InChI is InChI=1S/C58H103NO4/c1-8-9-10-11-12-13-14-15-16-17-18-19-20-21-22-23-39-61-46-52(45-59-37-33-48(4)34-38-59)63-43-41-60-40-42-62-51-31-35-57(6)50(44-51)27-28-53-55-30-29-54(49(5)26-24-25-47(2)3)58(55,7)36-32-56(53)57/h12-13,15-16,27,47-49,51-56H,8-11,14,17-26,28-46H2,1-7H3/b13-12-,16-15-/t49-,51+,52?,53+,54-,55+,56+,57+,58-/m1/s1. The molecule has 3 saturated carbocycles. The third-order valence-corrected chi connectivity index (χ3v) is 17.6. The molecular weight excluding hydrogens is 775 g/mol. The molecule has 0 amide bonds. The van der Waals surface area contributed by atoms with Crippen molar-refractivity contribution in [3.8, 4) is 0 Å². The van der Waals surface area contributed by atoms with Crippen molar-refractivity contribution < 1.29 is 18.9 Å². The maximum absolute atomic E-state index is 6.53. The molecule has 4 fully saturated rings. The fraction of sp³-hybridized carbons (Fsp3) is 0.897. The lowest BCUT2D eigenvalue weighted by molar-refractivity contribution is -0.0739. The van der Waals surface area contributed by atoms with Crippen molar-refractivity contribution in [3.05, 3.63) is 36.0 Å². The highest BCUT2D eigenvalue weighted by atomic mass is 16.6. The minimum atomic E-state index is 0.110. The summed E-state index contributed by atoms with van der Waals surface area (Å²) in [5.74, 6) is 6.20. The fourth-order valence-corrected chi connectivity index (χ4v) is 13.5. The Bertz CT molecular complexity index is 1300. The molecule has 5 heteroatoms. The average Bonchev–Trinajstić information content (AvgIpc) is 3.63. The summed E-state index contributed by atoms with van der Waals surface area (Å²) >= 11 is 0. The minimum absolute atomic E-state index is 0.110. The van der Waals surface area contributed by atoms with Crippen molar-refractivity contribution in [2.45, 2.75) is 221 Å². The molecule has 0 aromatic heterocycles. The Morgan fingerprint density at radius 1 is 0.714 bits per heavy atom. The van der Waals surface area contributed by atoms with E-state index in [-0.39, 0.29) is 6.10 Å². The number of ether oxygens (including phenoxy) is 4. The molecule has 4 aliphatic carbocycles. The van der Waals surface area contributed by atoms with Crippen molar-refractivity contribution in [2.75, 3.05) is 59.3 Å². The van der Waals surface area contributed by atoms with Gasteiger partial charge in [-0.15, -0.1) is 0 Å². The van der Waals surface area contributed by atoms with Crippen molar-refractivity contribution in [3.63, 3.8) is 0 Å². The van der Waals surface area contributed by atoms with Gasteiger partial charge in [-0.3, -0.25) is 0 Å². The number of likely N-dealkylation sites (tertiary alicyclic amines) is 1. The number of piperidine rings is 1. The van der Waals surface area contributed by atoms with Crippen LogP contribution in [0.3, 0.4) is 0 Å². The van der Waals surface area contributed by atoms with Crippen LogP contribution in [0.4, 0.5) is 0 Å². The Morgan fingerprint density at radius 3 is 2.21 bits per heavy atom. The van der Waals surface area contributed by atoms with Crippen molar-refractivity contribution in [2.24, 2.45) is 52.3 Å². The molecule has 5 rings (SSSR count). The largest absolute Gasteiger partial charge is 0.379 e. The van der Waals surface area contributed by atoms with Crippen LogP contribution < -0.4 is 0 Å². The first kappa shape index (κ1) is 53.0. The number of hydrogen-bond donors (Lipinski definition) is 0. The van der Waals surface area contributed by atoms with Gasteiger partial charge in [-0.2, -0.15) is 0 Å². The van der Waals surface area contributed by atoms with Gasteiger partial charge in [-0.1, -0.05) is 142 Å². The molecule has 1 aliphatic heterocycles. The van der Waals surface area contributed by atoms with Crippen molar-refractivity contribution in [1.29, 1.82) is 0 Å². The molecular formula is C58H103NO4. The van der Waals surface area contributed by atoms with E-state index in [0.717, 1.165) is 73.8 Å². The average molecular weight is 878 g/mol. The first-order valence-corrected chi connectivity index (χ1v) is 27.7. The van der Waals surface area contributed by atoms with E-state index in [1.165, 1.54) is 154 Å². The SMILES string of the molecule is CCCCC/C=C\C/C=C\CCCCCCCCOCC(CN1CCC(C)CC1)OCCOCCO[C@H]1CC[C@@]2(C)C(=CC[C@H]3[C@@H]4CC[C@H]([C@H](C)CCCC(C)C)[C@@]4(C)CC[C@@H]32)C1. The van der Waals surface area contributed by atoms with E-state index in [2.05, 4.69) is 83.7 Å². The molecule has 1 saturated heterocycles. The summed E-state index contributed by atoms with van der Waals surface area (Å²) < 4.78 is 25.3. The quantitative estimate of drug-likeness (QED) is 0.0497. The highest BCUT2D eigenvalue weighted by Crippen LogP contribution is 2.67. The van der Waals surface area contributed by atoms with Gasteiger partial charge in [-0.05, 0) is 168 Å². The Hall–Kier alpha value is -0.980. The second-order valence-corrected chi connectivity index (χ2v) is 22.8. The monoisotopic (exact) mass is 878 g/mol. The van der Waals surface area contributed by atoms with Gasteiger partial charge in [0.05, 0.1) is 45.2 Å². The van der Waals surface area contributed by atoms with E-state index in [9.17, 15) is 0 Å². The molecule has 1 heterocycles. The third-order valence-electron chi connectivity index (χ3n) is 17.6. The lowest BCUT2D eigenvalue weighted by Gasteiger charge is -2.58. The summed E-state index contributed by atoms with van der Waals surface area (Å²) in [6, 6.07) is 0. The highest BCUT2D eigenvalue weighted by molar-refractivity contribution is 5.25. The molecule has 63 heavy (non-hydrogen) atoms. The molecule has 0 bridgehead atoms. The summed E-state index contributed by atoms with van der Waals surface area (Å²) in [6.45, 7) is 24.9. The first-order valence-electron chi connectivity index (χ1n) is 27.7. The van der Waals surface area contributed by atoms with Gasteiger partial charge in [0, 0.05) is 13.2 Å². The van der Waals surface area contributed by atoms with Crippen LogP contribution in [0, 0.1) is 52.3 Å². The van der Waals surface area contributed by atoms with Gasteiger partial charge in [0.1, 0.15) is 0 Å². The first-order chi connectivity index (χ1) is 30.6. The van der Waals surface area contributed by atoms with Gasteiger partial charge in [0.25, 0.3) is 0 Å². The number of fused-ring (bicyclic) bond motifs is 5. The maximum Gasteiger partial charge on any atom is 0.0936 e. The molecule has 0 radical (unpaired) electrons. The van der Waals surface area contributed by atoms with E-state index < -0.39 is 0 Å². The fourth-order valence-electron chi connectivity index (χ4n) is 13.5. The van der Waals surface area contributed by atoms with Crippen LogP contribution in [0.1, 0.15) is 209 Å². The summed E-state index contributed by atoms with van der Waals surface area (Å²) in [5.41, 5.74) is 2.68. The molecule has 5 aliphatic rings. The topological polar surface area (TPSA) is 40.2 Å². The summed E-state index contributed by atoms with van der Waals surface area (Å²) in [6.07, 6.45) is 45.5. The third kappa shape index (κ3) is 17.2. The van der Waals surface area contributed by atoms with Crippen LogP contribution in [0.25, 0.3) is 0 Å². The zero-order valence-electron chi connectivity index (χ0n) is 42.7. The molecule has 0 N–H and O–H groups in total. The van der Waals surface area contributed by atoms with Gasteiger partial charge in [-0.25, -0.2) is 0 Å². The van der Waals surface area contributed by atoms with Gasteiger partial charge in [0.15, 0.2) is 0 Å². The molecule has 9 atom stereocenters. The molecule has 0 aromatic rings. The predicted molar refractivity (Wildman–Crippen MR) is 268 cm³/mol. The van der Waals surface area contributed by atoms with E-state index in [1.54, 1.807) is 5.57 Å². The molecule has 0 aromatic carbocycles. The Morgan fingerprint density at radius 2 is 1.44 bits per heavy atom. The van der Waals surface area contributed by atoms with E-state index in [0.29, 0.717) is 50.0 Å². The minimum Gasteiger partial charge on any atom is -0.379 e. The second kappa shape index (κ2) is 29.0. The second-order valence-electron chi connectivity index (χ2n) is 22.8. The molecule has 364 valence electrons. The lowest BCUT2D eigenvalue weighted by Crippen LogP contribution is -2.51. The smallest absolute Gasteiger partial charge is 0.0936 e. The van der Waals surface area contributed by atoms with Crippen LogP contribution in [-0.2, 0) is 18.9 Å². The molecule has 1 unspecified atom stereocenters. The maximum atomic E-state index is 6.53. The highest BCUT2D eigenvalue weighted by Gasteiger charge is 2.59. The normalized spacial score (nSPS) is 30.2. The Labute approximate surface area is 391 Å². The predicted octanol–water partition coefficient (Wildman–Crippen LogP) is 15.4. The Balaban J connectivity index is 0.921. The van der Waals surface area contributed by atoms with E-state index in [1.807, 2.05) is 0 Å². The van der Waals surface area contributed by atoms with E-state index in [4.69, 9.17) is 18.9 Å². The van der Waals surface area contributed by atoms with Gasteiger partial charge >= 0.3 is 0 Å². The molecule has 5 nitrogen and oxygen atoms in total.